The predicted molar refractivity (Wildman–Crippen MR) is 67.2 cm³/mol. The first-order valence-electron chi connectivity index (χ1n) is 5.62. The van der Waals surface area contributed by atoms with Crippen LogP contribution < -0.4 is 0 Å². The highest BCUT2D eigenvalue weighted by atomic mass is 16.3. The maximum atomic E-state index is 9.09. The molecule has 82 valence electrons. The minimum absolute atomic E-state index is 0.0981. The van der Waals surface area contributed by atoms with Gasteiger partial charge in [-0.1, -0.05) is 49.4 Å². The van der Waals surface area contributed by atoms with E-state index in [1.165, 1.54) is 11.1 Å². The number of rotatable bonds is 3. The third-order valence-electron chi connectivity index (χ3n) is 2.81. The van der Waals surface area contributed by atoms with Crippen molar-refractivity contribution in [2.24, 2.45) is 0 Å². The highest BCUT2D eigenvalue weighted by Gasteiger charge is 1.98. The SMILES string of the molecule is CCc1ccc(-c2cccc(CO)c2)cc1. The van der Waals surface area contributed by atoms with Crippen LogP contribution in [0.15, 0.2) is 48.5 Å². The van der Waals surface area contributed by atoms with Crippen molar-refractivity contribution >= 4 is 0 Å². The molecule has 0 atom stereocenters. The lowest BCUT2D eigenvalue weighted by atomic mass is 10.0. The summed E-state index contributed by atoms with van der Waals surface area (Å²) in [5, 5.41) is 9.09. The molecule has 0 saturated heterocycles. The van der Waals surface area contributed by atoms with E-state index >= 15 is 0 Å². The molecule has 0 aliphatic carbocycles. The first-order valence-corrected chi connectivity index (χ1v) is 5.62. The maximum Gasteiger partial charge on any atom is 0.0682 e. The van der Waals surface area contributed by atoms with Crippen LogP contribution in [0, 0.1) is 0 Å². The second-order valence-electron chi connectivity index (χ2n) is 3.91. The first kappa shape index (κ1) is 10.9. The van der Waals surface area contributed by atoms with Gasteiger partial charge in [0.1, 0.15) is 0 Å². The molecule has 0 aromatic heterocycles. The van der Waals surface area contributed by atoms with Gasteiger partial charge in [0.15, 0.2) is 0 Å². The van der Waals surface area contributed by atoms with Gasteiger partial charge >= 0.3 is 0 Å². The molecule has 0 spiro atoms. The van der Waals surface area contributed by atoms with E-state index < -0.39 is 0 Å². The van der Waals surface area contributed by atoms with Gasteiger partial charge in [-0.3, -0.25) is 0 Å². The first-order chi connectivity index (χ1) is 7.83. The van der Waals surface area contributed by atoms with Crippen molar-refractivity contribution in [2.75, 3.05) is 0 Å². The fraction of sp³-hybridized carbons (Fsp3) is 0.200. The van der Waals surface area contributed by atoms with E-state index in [4.69, 9.17) is 5.11 Å². The lowest BCUT2D eigenvalue weighted by molar-refractivity contribution is 0.282. The lowest BCUT2D eigenvalue weighted by Gasteiger charge is -2.04. The van der Waals surface area contributed by atoms with Crippen LogP contribution in [0.25, 0.3) is 11.1 Å². The van der Waals surface area contributed by atoms with Gasteiger partial charge < -0.3 is 5.11 Å². The average Bonchev–Trinajstić information content (AvgIpc) is 2.39. The van der Waals surface area contributed by atoms with Crippen molar-refractivity contribution in [3.8, 4) is 11.1 Å². The van der Waals surface area contributed by atoms with Crippen LogP contribution in [0.5, 0.6) is 0 Å². The smallest absolute Gasteiger partial charge is 0.0682 e. The Morgan fingerprint density at radius 3 is 2.25 bits per heavy atom. The quantitative estimate of drug-likeness (QED) is 0.826. The molecule has 0 aliphatic rings. The Balaban J connectivity index is 2.34. The Labute approximate surface area is 96.4 Å². The lowest BCUT2D eigenvalue weighted by Crippen LogP contribution is -1.85. The Morgan fingerprint density at radius 1 is 0.875 bits per heavy atom. The van der Waals surface area contributed by atoms with E-state index in [2.05, 4.69) is 37.3 Å². The minimum Gasteiger partial charge on any atom is -0.392 e. The van der Waals surface area contributed by atoms with Gasteiger partial charge in [0.2, 0.25) is 0 Å². The second kappa shape index (κ2) is 4.95. The third kappa shape index (κ3) is 2.31. The maximum absolute atomic E-state index is 9.09. The van der Waals surface area contributed by atoms with E-state index in [0.29, 0.717) is 0 Å². The van der Waals surface area contributed by atoms with E-state index in [1.54, 1.807) is 0 Å². The summed E-state index contributed by atoms with van der Waals surface area (Å²) in [6.45, 7) is 2.25. The zero-order valence-electron chi connectivity index (χ0n) is 9.48. The van der Waals surface area contributed by atoms with Crippen LogP contribution in [0.2, 0.25) is 0 Å². The largest absolute Gasteiger partial charge is 0.392 e. The fourth-order valence-corrected chi connectivity index (χ4v) is 1.78. The molecule has 0 unspecified atom stereocenters. The standard InChI is InChI=1S/C15H16O/c1-2-12-6-8-14(9-7-12)15-5-3-4-13(10-15)11-16/h3-10,16H,2,11H2,1H3. The molecule has 0 aliphatic heterocycles. The van der Waals surface area contributed by atoms with Gasteiger partial charge in [0, 0.05) is 0 Å². The van der Waals surface area contributed by atoms with E-state index in [1.807, 2.05) is 18.2 Å². The van der Waals surface area contributed by atoms with Crippen LogP contribution in [0.3, 0.4) is 0 Å². The highest BCUT2D eigenvalue weighted by molar-refractivity contribution is 5.64. The normalized spacial score (nSPS) is 10.4. The Kier molecular flexibility index (Phi) is 3.37. The number of hydrogen-bond acceptors (Lipinski definition) is 1. The van der Waals surface area contributed by atoms with Crippen LogP contribution in [-0.2, 0) is 13.0 Å². The summed E-state index contributed by atoms with van der Waals surface area (Å²) in [4.78, 5) is 0. The summed E-state index contributed by atoms with van der Waals surface area (Å²) in [5.41, 5.74) is 4.67. The van der Waals surface area contributed by atoms with Gasteiger partial charge in [0.25, 0.3) is 0 Å². The monoisotopic (exact) mass is 212 g/mol. The van der Waals surface area contributed by atoms with E-state index in [-0.39, 0.29) is 6.61 Å². The van der Waals surface area contributed by atoms with Gasteiger partial charge in [-0.05, 0) is 34.7 Å². The van der Waals surface area contributed by atoms with Gasteiger partial charge in [0.05, 0.1) is 6.61 Å². The molecular weight excluding hydrogens is 196 g/mol. The molecule has 1 nitrogen and oxygen atoms in total. The second-order valence-corrected chi connectivity index (χ2v) is 3.91. The van der Waals surface area contributed by atoms with Crippen molar-refractivity contribution in [3.63, 3.8) is 0 Å². The Morgan fingerprint density at radius 2 is 1.62 bits per heavy atom. The molecule has 0 bridgehead atoms. The molecular formula is C15H16O. The molecule has 0 radical (unpaired) electrons. The highest BCUT2D eigenvalue weighted by Crippen LogP contribution is 2.21. The summed E-state index contributed by atoms with van der Waals surface area (Å²) in [7, 11) is 0. The van der Waals surface area contributed by atoms with Gasteiger partial charge in [-0.15, -0.1) is 0 Å². The van der Waals surface area contributed by atoms with Crippen molar-refractivity contribution in [2.45, 2.75) is 20.0 Å². The third-order valence-corrected chi connectivity index (χ3v) is 2.81. The molecule has 0 heterocycles. The van der Waals surface area contributed by atoms with E-state index in [0.717, 1.165) is 17.5 Å². The van der Waals surface area contributed by atoms with Crippen LogP contribution >= 0.6 is 0 Å². The van der Waals surface area contributed by atoms with Crippen LogP contribution in [0.1, 0.15) is 18.1 Å². The minimum atomic E-state index is 0.0981. The Hall–Kier alpha value is -1.60. The number of aliphatic hydroxyl groups is 1. The van der Waals surface area contributed by atoms with Crippen molar-refractivity contribution in [3.05, 3.63) is 59.7 Å². The number of aryl methyl sites for hydroxylation is 1. The zero-order chi connectivity index (χ0) is 11.4. The molecule has 16 heavy (non-hydrogen) atoms. The summed E-state index contributed by atoms with van der Waals surface area (Å²) in [5.74, 6) is 0. The summed E-state index contributed by atoms with van der Waals surface area (Å²) in [6, 6.07) is 16.6. The summed E-state index contributed by atoms with van der Waals surface area (Å²) in [6.07, 6.45) is 1.07. The van der Waals surface area contributed by atoms with Gasteiger partial charge in [-0.2, -0.15) is 0 Å². The fourth-order valence-electron chi connectivity index (χ4n) is 1.78. The molecule has 2 aromatic carbocycles. The molecule has 1 heteroatoms. The Bertz CT molecular complexity index is 457. The number of benzene rings is 2. The topological polar surface area (TPSA) is 20.2 Å². The molecule has 2 rings (SSSR count). The number of aliphatic hydroxyl groups excluding tert-OH is 1. The molecule has 1 N–H and O–H groups in total. The van der Waals surface area contributed by atoms with Crippen molar-refractivity contribution < 1.29 is 5.11 Å². The summed E-state index contributed by atoms with van der Waals surface area (Å²) >= 11 is 0. The van der Waals surface area contributed by atoms with Crippen molar-refractivity contribution in [1.29, 1.82) is 0 Å². The van der Waals surface area contributed by atoms with Crippen molar-refractivity contribution in [1.82, 2.24) is 0 Å². The molecule has 0 fully saturated rings. The van der Waals surface area contributed by atoms with Crippen LogP contribution in [0.4, 0.5) is 0 Å². The number of hydrogen-bond donors (Lipinski definition) is 1. The molecule has 0 amide bonds. The molecule has 2 aromatic rings. The molecule has 0 saturated carbocycles. The summed E-state index contributed by atoms with van der Waals surface area (Å²) < 4.78 is 0. The van der Waals surface area contributed by atoms with Crippen LogP contribution in [-0.4, -0.2) is 5.11 Å². The predicted octanol–water partition coefficient (Wildman–Crippen LogP) is 3.41. The average molecular weight is 212 g/mol. The zero-order valence-corrected chi connectivity index (χ0v) is 9.48. The van der Waals surface area contributed by atoms with Gasteiger partial charge in [-0.25, -0.2) is 0 Å². The van der Waals surface area contributed by atoms with E-state index in [9.17, 15) is 0 Å².